The molecule has 0 aliphatic carbocycles. The quantitative estimate of drug-likeness (QED) is 0.759. The van der Waals surface area contributed by atoms with E-state index in [4.69, 9.17) is 0 Å². The second-order valence-electron chi connectivity index (χ2n) is 5.51. The molecule has 1 amide bonds. The predicted molar refractivity (Wildman–Crippen MR) is 68.8 cm³/mol. The van der Waals surface area contributed by atoms with Crippen molar-refractivity contribution in [3.63, 3.8) is 0 Å². The standard InChI is InChI=1S/C12H12F3N3O3S/c1-6-2-9(17-11(16-6)12(13,14)15)10(19)18-4-8-3-7(18)5-22(8,20)21/h2,7-8H,3-5H2,1H3. The summed E-state index contributed by atoms with van der Waals surface area (Å²) >= 11 is 0. The number of carbonyl (C=O) groups excluding carboxylic acids is 1. The Labute approximate surface area is 124 Å². The van der Waals surface area contributed by atoms with E-state index in [1.807, 2.05) is 0 Å². The predicted octanol–water partition coefficient (Wildman–Crippen LogP) is 0.815. The highest BCUT2D eigenvalue weighted by molar-refractivity contribution is 7.92. The zero-order valence-electron chi connectivity index (χ0n) is 11.5. The number of alkyl halides is 3. The Morgan fingerprint density at radius 3 is 2.55 bits per heavy atom. The Morgan fingerprint density at radius 1 is 1.36 bits per heavy atom. The third kappa shape index (κ3) is 2.44. The lowest BCUT2D eigenvalue weighted by atomic mass is 10.2. The highest BCUT2D eigenvalue weighted by atomic mass is 32.2. The highest BCUT2D eigenvalue weighted by Gasteiger charge is 2.50. The maximum Gasteiger partial charge on any atom is 0.451 e. The molecule has 2 bridgehead atoms. The molecule has 0 aromatic carbocycles. The smallest absolute Gasteiger partial charge is 0.332 e. The first-order valence-electron chi connectivity index (χ1n) is 6.53. The molecule has 2 aliphatic heterocycles. The molecule has 3 heterocycles. The number of amides is 1. The molecule has 2 atom stereocenters. The second-order valence-corrected chi connectivity index (χ2v) is 7.84. The average molecular weight is 335 g/mol. The van der Waals surface area contributed by atoms with Crippen LogP contribution in [0.5, 0.6) is 0 Å². The van der Waals surface area contributed by atoms with Crippen molar-refractivity contribution >= 4 is 15.7 Å². The zero-order valence-corrected chi connectivity index (χ0v) is 12.3. The Morgan fingerprint density at radius 2 is 2.05 bits per heavy atom. The van der Waals surface area contributed by atoms with Gasteiger partial charge in [0.1, 0.15) is 5.69 Å². The van der Waals surface area contributed by atoms with Gasteiger partial charge in [-0.1, -0.05) is 0 Å². The van der Waals surface area contributed by atoms with Gasteiger partial charge in [-0.25, -0.2) is 18.4 Å². The molecule has 2 unspecified atom stereocenters. The molecular formula is C12H12F3N3O3S. The van der Waals surface area contributed by atoms with Crippen LogP contribution in [0.3, 0.4) is 0 Å². The van der Waals surface area contributed by atoms with Crippen molar-refractivity contribution in [2.75, 3.05) is 12.3 Å². The number of hydrogen-bond donors (Lipinski definition) is 0. The number of aryl methyl sites for hydroxylation is 1. The van der Waals surface area contributed by atoms with Crippen LogP contribution in [0.1, 0.15) is 28.4 Å². The number of sulfone groups is 1. The molecule has 2 aliphatic rings. The topological polar surface area (TPSA) is 80.2 Å². The molecule has 3 rings (SSSR count). The molecule has 10 heteroatoms. The van der Waals surface area contributed by atoms with Gasteiger partial charge >= 0.3 is 6.18 Å². The van der Waals surface area contributed by atoms with E-state index < -0.39 is 39.0 Å². The molecule has 0 N–H and O–H groups in total. The number of hydrogen-bond acceptors (Lipinski definition) is 5. The fraction of sp³-hybridized carbons (Fsp3) is 0.583. The van der Waals surface area contributed by atoms with Crippen molar-refractivity contribution in [2.45, 2.75) is 30.8 Å². The van der Waals surface area contributed by atoms with Crippen molar-refractivity contribution in [3.8, 4) is 0 Å². The van der Waals surface area contributed by atoms with Gasteiger partial charge in [0.05, 0.1) is 11.0 Å². The van der Waals surface area contributed by atoms with Crippen LogP contribution in [0.15, 0.2) is 6.07 Å². The van der Waals surface area contributed by atoms with Crippen LogP contribution in [0.25, 0.3) is 0 Å². The van der Waals surface area contributed by atoms with Crippen LogP contribution in [0.4, 0.5) is 13.2 Å². The minimum atomic E-state index is -4.74. The maximum atomic E-state index is 12.7. The third-order valence-electron chi connectivity index (χ3n) is 3.90. The fourth-order valence-electron chi connectivity index (χ4n) is 2.90. The van der Waals surface area contributed by atoms with Gasteiger partial charge in [0.25, 0.3) is 5.91 Å². The van der Waals surface area contributed by atoms with Crippen LogP contribution in [-0.2, 0) is 16.0 Å². The van der Waals surface area contributed by atoms with E-state index in [0.29, 0.717) is 6.42 Å². The Hall–Kier alpha value is -1.71. The van der Waals surface area contributed by atoms with Gasteiger partial charge in [0.2, 0.25) is 5.82 Å². The first-order chi connectivity index (χ1) is 10.1. The van der Waals surface area contributed by atoms with Gasteiger partial charge in [-0.05, 0) is 19.4 Å². The summed E-state index contributed by atoms with van der Waals surface area (Å²) in [5.41, 5.74) is -0.326. The van der Waals surface area contributed by atoms with Gasteiger partial charge in [-0.15, -0.1) is 0 Å². The number of aromatic nitrogens is 2. The zero-order chi connectivity index (χ0) is 16.3. The molecule has 1 aromatic rings. The average Bonchev–Trinajstić information content (AvgIpc) is 2.91. The van der Waals surface area contributed by atoms with Crippen LogP contribution in [-0.4, -0.2) is 52.8 Å². The minimum absolute atomic E-state index is 0.0102. The number of halogens is 3. The molecule has 2 saturated heterocycles. The normalized spacial score (nSPS) is 26.5. The van der Waals surface area contributed by atoms with Gasteiger partial charge in [-0.2, -0.15) is 13.2 Å². The minimum Gasteiger partial charge on any atom is -0.332 e. The lowest BCUT2D eigenvalue weighted by Gasteiger charge is -2.26. The summed E-state index contributed by atoms with van der Waals surface area (Å²) in [5, 5.41) is -0.619. The number of carbonyl (C=O) groups is 1. The van der Waals surface area contributed by atoms with E-state index in [0.717, 1.165) is 0 Å². The lowest BCUT2D eigenvalue weighted by Crippen LogP contribution is -2.44. The van der Waals surface area contributed by atoms with Gasteiger partial charge in [0, 0.05) is 18.3 Å². The molecule has 2 fully saturated rings. The Bertz CT molecular complexity index is 748. The summed E-state index contributed by atoms with van der Waals surface area (Å²) in [6.07, 6.45) is -4.40. The molecular weight excluding hydrogens is 323 g/mol. The lowest BCUT2D eigenvalue weighted by molar-refractivity contribution is -0.145. The molecule has 1 aromatic heterocycles. The second kappa shape index (κ2) is 4.64. The molecule has 22 heavy (non-hydrogen) atoms. The molecule has 0 saturated carbocycles. The summed E-state index contributed by atoms with van der Waals surface area (Å²) < 4.78 is 61.4. The summed E-state index contributed by atoms with van der Waals surface area (Å²) in [7, 11) is -3.18. The largest absolute Gasteiger partial charge is 0.451 e. The fourth-order valence-corrected chi connectivity index (χ4v) is 4.92. The first kappa shape index (κ1) is 15.2. The van der Waals surface area contributed by atoms with Gasteiger partial charge in [-0.3, -0.25) is 4.79 Å². The van der Waals surface area contributed by atoms with Gasteiger partial charge < -0.3 is 4.90 Å². The van der Waals surface area contributed by atoms with Crippen molar-refractivity contribution in [1.82, 2.24) is 14.9 Å². The molecule has 0 spiro atoms. The Kier molecular flexibility index (Phi) is 3.21. The summed E-state index contributed by atoms with van der Waals surface area (Å²) in [5.74, 6) is -2.19. The number of nitrogens with zero attached hydrogens (tertiary/aromatic N) is 3. The summed E-state index contributed by atoms with van der Waals surface area (Å²) in [6, 6.07) is 0.699. The first-order valence-corrected chi connectivity index (χ1v) is 8.25. The summed E-state index contributed by atoms with van der Waals surface area (Å²) in [6.45, 7) is 1.35. The van der Waals surface area contributed by atoms with E-state index >= 15 is 0 Å². The van der Waals surface area contributed by atoms with Crippen LogP contribution >= 0.6 is 0 Å². The van der Waals surface area contributed by atoms with E-state index in [9.17, 15) is 26.4 Å². The number of likely N-dealkylation sites (tertiary alicyclic amines) is 1. The SMILES string of the molecule is Cc1cc(C(=O)N2CC3CC2CS3(=O)=O)nc(C(F)(F)F)n1. The van der Waals surface area contributed by atoms with E-state index in [1.165, 1.54) is 17.9 Å². The van der Waals surface area contributed by atoms with Crippen molar-refractivity contribution in [2.24, 2.45) is 0 Å². The Balaban J connectivity index is 1.90. The molecule has 120 valence electrons. The van der Waals surface area contributed by atoms with Crippen molar-refractivity contribution in [1.29, 1.82) is 0 Å². The summed E-state index contributed by atoms with van der Waals surface area (Å²) in [4.78, 5) is 20.2. The van der Waals surface area contributed by atoms with Crippen molar-refractivity contribution in [3.05, 3.63) is 23.3 Å². The van der Waals surface area contributed by atoms with Gasteiger partial charge in [0.15, 0.2) is 9.84 Å². The monoisotopic (exact) mass is 335 g/mol. The van der Waals surface area contributed by atoms with E-state index in [1.54, 1.807) is 0 Å². The number of fused-ring (bicyclic) bond motifs is 2. The molecule has 6 nitrogen and oxygen atoms in total. The highest BCUT2D eigenvalue weighted by Crippen LogP contribution is 2.34. The molecule has 0 radical (unpaired) electrons. The van der Waals surface area contributed by atoms with Crippen LogP contribution in [0.2, 0.25) is 0 Å². The van der Waals surface area contributed by atoms with E-state index in [-0.39, 0.29) is 23.7 Å². The van der Waals surface area contributed by atoms with Crippen LogP contribution < -0.4 is 0 Å². The number of rotatable bonds is 1. The maximum absolute atomic E-state index is 12.7. The third-order valence-corrected chi connectivity index (χ3v) is 6.10. The van der Waals surface area contributed by atoms with Crippen molar-refractivity contribution < 1.29 is 26.4 Å². The van der Waals surface area contributed by atoms with Crippen LogP contribution in [0, 0.1) is 6.92 Å². The van der Waals surface area contributed by atoms with E-state index in [2.05, 4.69) is 9.97 Å².